The molecule has 0 atom stereocenters. The van der Waals surface area contributed by atoms with Gasteiger partial charge in [-0.05, 0) is 17.3 Å². The Morgan fingerprint density at radius 1 is 1.17 bits per heavy atom. The summed E-state index contributed by atoms with van der Waals surface area (Å²) in [5, 5.41) is 3.07. The first-order valence-electron chi connectivity index (χ1n) is 6.30. The van der Waals surface area contributed by atoms with Crippen LogP contribution in [0.15, 0.2) is 35.5 Å². The molecule has 0 heterocycles. The Hall–Kier alpha value is -1.71. The van der Waals surface area contributed by atoms with Crippen molar-refractivity contribution in [1.82, 2.24) is 0 Å². The van der Waals surface area contributed by atoms with E-state index in [1.54, 1.807) is 24.3 Å². The van der Waals surface area contributed by atoms with Gasteiger partial charge in [0.15, 0.2) is 0 Å². The van der Waals surface area contributed by atoms with Gasteiger partial charge in [0.2, 0.25) is 5.72 Å². The number of benzene rings is 1. The fourth-order valence-corrected chi connectivity index (χ4v) is 1.92. The summed E-state index contributed by atoms with van der Waals surface area (Å²) in [7, 11) is 0. The lowest BCUT2D eigenvalue weighted by atomic mass is 10.0. The molecule has 0 fully saturated rings. The second kappa shape index (κ2) is 6.89. The molecule has 0 spiro atoms. The highest BCUT2D eigenvalue weighted by atomic mass is 16.6. The molecule has 0 aliphatic carbocycles. The van der Waals surface area contributed by atoms with Crippen LogP contribution in [0.25, 0.3) is 0 Å². The topological polar surface area (TPSA) is 55.7 Å². The highest BCUT2D eigenvalue weighted by molar-refractivity contribution is 5.89. The average molecular weight is 249 g/mol. The lowest BCUT2D eigenvalue weighted by Gasteiger charge is -2.25. The van der Waals surface area contributed by atoms with Crippen LogP contribution in [0.4, 0.5) is 0 Å². The second-order valence-electron chi connectivity index (χ2n) is 4.29. The van der Waals surface area contributed by atoms with E-state index < -0.39 is 11.7 Å². The van der Waals surface area contributed by atoms with Gasteiger partial charge in [-0.25, -0.2) is 4.79 Å². The number of carbonyl (C=O) groups excluding carboxylic acids is 1. The minimum absolute atomic E-state index is 0.442. The number of hydrogen-bond donors (Lipinski definition) is 0. The fraction of sp³-hybridized carbons (Fsp3) is 0.500. The van der Waals surface area contributed by atoms with Gasteiger partial charge >= 0.3 is 5.97 Å². The first-order valence-corrected chi connectivity index (χ1v) is 6.30. The lowest BCUT2D eigenvalue weighted by molar-refractivity contribution is -0.0244. The number of ether oxygens (including phenoxy) is 1. The summed E-state index contributed by atoms with van der Waals surface area (Å²) in [6.07, 6.45) is 2.41. The first kappa shape index (κ1) is 14.4. The van der Waals surface area contributed by atoms with Gasteiger partial charge in [0.05, 0.1) is 5.56 Å². The summed E-state index contributed by atoms with van der Waals surface area (Å²) in [5.74, 6) is -0.489. The molecule has 0 aliphatic heterocycles. The van der Waals surface area contributed by atoms with Crippen LogP contribution in [0.1, 0.15) is 49.9 Å². The molecule has 0 bridgehead atoms. The van der Waals surface area contributed by atoms with Crippen LogP contribution in [0, 0.1) is 4.91 Å². The van der Waals surface area contributed by atoms with Crippen molar-refractivity contribution in [2.45, 2.75) is 45.3 Å². The molecular weight excluding hydrogens is 230 g/mol. The minimum Gasteiger partial charge on any atom is -0.430 e. The number of nitrogens with zero attached hydrogens (tertiary/aromatic N) is 1. The lowest BCUT2D eigenvalue weighted by Crippen LogP contribution is -2.32. The molecule has 0 radical (unpaired) electrons. The third-order valence-corrected chi connectivity index (χ3v) is 2.74. The molecule has 0 N–H and O–H groups in total. The summed E-state index contributed by atoms with van der Waals surface area (Å²) >= 11 is 0. The minimum atomic E-state index is -1.21. The van der Waals surface area contributed by atoms with Gasteiger partial charge in [0.1, 0.15) is 0 Å². The van der Waals surface area contributed by atoms with Crippen molar-refractivity contribution in [3.05, 3.63) is 40.8 Å². The normalized spacial score (nSPS) is 11.0. The van der Waals surface area contributed by atoms with E-state index in [0.717, 1.165) is 12.8 Å². The number of hydrogen-bond acceptors (Lipinski definition) is 4. The van der Waals surface area contributed by atoms with Crippen molar-refractivity contribution in [2.75, 3.05) is 0 Å². The molecule has 98 valence electrons. The first-order chi connectivity index (χ1) is 8.67. The third kappa shape index (κ3) is 3.65. The van der Waals surface area contributed by atoms with E-state index in [4.69, 9.17) is 4.74 Å². The van der Waals surface area contributed by atoms with Crippen LogP contribution in [0.2, 0.25) is 0 Å². The predicted octanol–water partition coefficient (Wildman–Crippen LogP) is 3.91. The second-order valence-corrected chi connectivity index (χ2v) is 4.29. The molecule has 0 amide bonds. The maximum absolute atomic E-state index is 11.9. The van der Waals surface area contributed by atoms with Gasteiger partial charge in [-0.15, -0.1) is 4.91 Å². The summed E-state index contributed by atoms with van der Waals surface area (Å²) in [5.41, 5.74) is -0.770. The van der Waals surface area contributed by atoms with E-state index >= 15 is 0 Å². The predicted molar refractivity (Wildman–Crippen MR) is 70.2 cm³/mol. The number of esters is 1. The van der Waals surface area contributed by atoms with Gasteiger partial charge < -0.3 is 4.74 Å². The van der Waals surface area contributed by atoms with Crippen molar-refractivity contribution in [2.24, 2.45) is 5.18 Å². The molecule has 1 aromatic carbocycles. The fourth-order valence-electron chi connectivity index (χ4n) is 1.92. The van der Waals surface area contributed by atoms with Gasteiger partial charge in [0.25, 0.3) is 0 Å². The smallest absolute Gasteiger partial charge is 0.340 e. The molecule has 0 saturated carbocycles. The van der Waals surface area contributed by atoms with Crippen LogP contribution in [-0.2, 0) is 4.74 Å². The molecular formula is C14H19NO3. The molecule has 0 unspecified atom stereocenters. The SMILES string of the molecule is CCCC(CCC)(N=O)OC(=O)c1ccccc1. The molecule has 0 saturated heterocycles. The number of carbonyl (C=O) groups is 1. The molecule has 18 heavy (non-hydrogen) atoms. The Balaban J connectivity index is 2.83. The van der Waals surface area contributed by atoms with E-state index in [-0.39, 0.29) is 0 Å². The van der Waals surface area contributed by atoms with Crippen LogP contribution in [-0.4, -0.2) is 11.7 Å². The van der Waals surface area contributed by atoms with E-state index in [0.29, 0.717) is 18.4 Å². The van der Waals surface area contributed by atoms with Crippen LogP contribution < -0.4 is 0 Å². The van der Waals surface area contributed by atoms with Crippen molar-refractivity contribution >= 4 is 5.97 Å². The quantitative estimate of drug-likeness (QED) is 0.544. The van der Waals surface area contributed by atoms with Crippen molar-refractivity contribution in [3.8, 4) is 0 Å². The van der Waals surface area contributed by atoms with E-state index in [2.05, 4.69) is 5.18 Å². The highest BCUT2D eigenvalue weighted by Gasteiger charge is 2.34. The zero-order valence-electron chi connectivity index (χ0n) is 10.9. The Bertz CT molecular complexity index is 383. The van der Waals surface area contributed by atoms with Crippen LogP contribution in [0.5, 0.6) is 0 Å². The van der Waals surface area contributed by atoms with E-state index in [9.17, 15) is 9.70 Å². The summed E-state index contributed by atoms with van der Waals surface area (Å²) < 4.78 is 5.34. The molecule has 0 aromatic heterocycles. The average Bonchev–Trinajstić information content (AvgIpc) is 2.40. The monoisotopic (exact) mass is 249 g/mol. The Morgan fingerprint density at radius 2 is 1.72 bits per heavy atom. The van der Waals surface area contributed by atoms with E-state index in [1.807, 2.05) is 19.9 Å². The van der Waals surface area contributed by atoms with Gasteiger partial charge in [0, 0.05) is 12.8 Å². The largest absolute Gasteiger partial charge is 0.430 e. The number of rotatable bonds is 7. The summed E-state index contributed by atoms with van der Waals surface area (Å²) in [6.45, 7) is 3.87. The Labute approximate surface area is 107 Å². The third-order valence-electron chi connectivity index (χ3n) is 2.74. The Kier molecular flexibility index (Phi) is 5.49. The molecule has 0 aliphatic rings. The number of nitroso groups, excluding NO2 is 1. The zero-order valence-corrected chi connectivity index (χ0v) is 10.9. The highest BCUT2D eigenvalue weighted by Crippen LogP contribution is 2.27. The molecule has 1 rings (SSSR count). The Morgan fingerprint density at radius 3 is 2.17 bits per heavy atom. The summed E-state index contributed by atoms with van der Waals surface area (Å²) in [6, 6.07) is 8.66. The van der Waals surface area contributed by atoms with Crippen molar-refractivity contribution in [1.29, 1.82) is 0 Å². The maximum atomic E-state index is 11.9. The molecule has 4 nitrogen and oxygen atoms in total. The van der Waals surface area contributed by atoms with Crippen molar-refractivity contribution in [3.63, 3.8) is 0 Å². The van der Waals surface area contributed by atoms with Crippen LogP contribution >= 0.6 is 0 Å². The maximum Gasteiger partial charge on any atom is 0.340 e. The van der Waals surface area contributed by atoms with Crippen LogP contribution in [0.3, 0.4) is 0 Å². The summed E-state index contributed by atoms with van der Waals surface area (Å²) in [4.78, 5) is 23.0. The molecule has 4 heteroatoms. The van der Waals surface area contributed by atoms with Crippen molar-refractivity contribution < 1.29 is 9.53 Å². The van der Waals surface area contributed by atoms with Gasteiger partial charge in [-0.3, -0.25) is 0 Å². The molecule has 1 aromatic rings. The van der Waals surface area contributed by atoms with E-state index in [1.165, 1.54) is 0 Å². The van der Waals surface area contributed by atoms with Gasteiger partial charge in [-0.2, -0.15) is 0 Å². The van der Waals surface area contributed by atoms with Gasteiger partial charge in [-0.1, -0.05) is 44.9 Å². The standard InChI is InChI=1S/C14H19NO3/c1-3-10-14(15-17,11-4-2)18-13(16)12-8-6-5-7-9-12/h5-9H,3-4,10-11H2,1-2H3. The zero-order chi connectivity index (χ0) is 13.4.